The van der Waals surface area contributed by atoms with Crippen molar-refractivity contribution >= 4 is 5.78 Å². The number of hydrogen-bond donors (Lipinski definition) is 1. The van der Waals surface area contributed by atoms with E-state index in [9.17, 15) is 4.79 Å². The van der Waals surface area contributed by atoms with Crippen molar-refractivity contribution in [2.75, 3.05) is 6.54 Å². The molecule has 1 fully saturated rings. The summed E-state index contributed by atoms with van der Waals surface area (Å²) in [6.07, 6.45) is 6.57. The first-order chi connectivity index (χ1) is 8.74. The minimum Gasteiger partial charge on any atom is -0.330 e. The molecule has 2 rings (SSSR count). The molecule has 1 aliphatic rings. The second-order valence-corrected chi connectivity index (χ2v) is 5.19. The average molecular weight is 246 g/mol. The maximum atomic E-state index is 12.2. The van der Waals surface area contributed by atoms with Gasteiger partial charge in [0.1, 0.15) is 5.78 Å². The molecule has 1 saturated carbocycles. The Labute approximate surface area is 109 Å². The maximum absolute atomic E-state index is 12.2. The fraction of sp³-hybridized carbons (Fsp3) is 0.600. The summed E-state index contributed by atoms with van der Waals surface area (Å²) < 4.78 is 0. The zero-order chi connectivity index (χ0) is 13.0. The topological polar surface area (TPSA) is 56.0 Å². The van der Waals surface area contributed by atoms with Crippen molar-refractivity contribution in [3.05, 3.63) is 29.6 Å². The van der Waals surface area contributed by atoms with Gasteiger partial charge in [0.25, 0.3) is 0 Å². The number of nitrogens with two attached hydrogens (primary N) is 1. The van der Waals surface area contributed by atoms with Crippen LogP contribution in [-0.4, -0.2) is 17.3 Å². The molecule has 3 nitrogen and oxygen atoms in total. The quantitative estimate of drug-likeness (QED) is 0.866. The molecule has 0 saturated heterocycles. The highest BCUT2D eigenvalue weighted by Gasteiger charge is 2.31. The molecule has 3 heteroatoms. The summed E-state index contributed by atoms with van der Waals surface area (Å²) in [5, 5.41) is 0. The zero-order valence-corrected chi connectivity index (χ0v) is 11.1. The standard InChI is InChI=1S/C15H22N2O/c1-2-11-6-7-13(17-10-11)8-15(18)14-5-3-4-12(14)9-16/h6-7,10,12,14H,2-5,8-9,16H2,1H3. The summed E-state index contributed by atoms with van der Waals surface area (Å²) >= 11 is 0. The van der Waals surface area contributed by atoms with Gasteiger partial charge in [-0.05, 0) is 43.4 Å². The summed E-state index contributed by atoms with van der Waals surface area (Å²) in [6, 6.07) is 4.04. The highest BCUT2D eigenvalue weighted by atomic mass is 16.1. The van der Waals surface area contributed by atoms with Gasteiger partial charge < -0.3 is 5.73 Å². The van der Waals surface area contributed by atoms with Gasteiger partial charge in [-0.1, -0.05) is 19.4 Å². The Morgan fingerprint density at radius 2 is 2.28 bits per heavy atom. The summed E-state index contributed by atoms with van der Waals surface area (Å²) in [5.74, 6) is 0.884. The van der Waals surface area contributed by atoms with Crippen molar-refractivity contribution in [3.8, 4) is 0 Å². The summed E-state index contributed by atoms with van der Waals surface area (Å²) in [5.41, 5.74) is 7.83. The predicted molar refractivity (Wildman–Crippen MR) is 72.2 cm³/mol. The second-order valence-electron chi connectivity index (χ2n) is 5.19. The molecule has 0 aliphatic heterocycles. The number of hydrogen-bond acceptors (Lipinski definition) is 3. The summed E-state index contributed by atoms with van der Waals surface area (Å²) in [4.78, 5) is 16.6. The van der Waals surface area contributed by atoms with Crippen molar-refractivity contribution in [2.45, 2.75) is 39.0 Å². The van der Waals surface area contributed by atoms with E-state index in [1.54, 1.807) is 0 Å². The zero-order valence-electron chi connectivity index (χ0n) is 11.1. The van der Waals surface area contributed by atoms with Gasteiger partial charge >= 0.3 is 0 Å². The molecule has 1 aromatic rings. The van der Waals surface area contributed by atoms with Crippen molar-refractivity contribution in [1.82, 2.24) is 4.98 Å². The Bertz CT molecular complexity index is 399. The second kappa shape index (κ2) is 6.10. The van der Waals surface area contributed by atoms with Crippen LogP contribution in [0.2, 0.25) is 0 Å². The van der Waals surface area contributed by atoms with Gasteiger partial charge in [0.15, 0.2) is 0 Å². The monoisotopic (exact) mass is 246 g/mol. The lowest BCUT2D eigenvalue weighted by Gasteiger charge is -2.16. The lowest BCUT2D eigenvalue weighted by molar-refractivity contribution is -0.123. The fourth-order valence-corrected chi connectivity index (χ4v) is 2.82. The van der Waals surface area contributed by atoms with Gasteiger partial charge in [0.2, 0.25) is 0 Å². The Hall–Kier alpha value is -1.22. The van der Waals surface area contributed by atoms with Gasteiger partial charge in [-0.15, -0.1) is 0 Å². The first kappa shape index (κ1) is 13.2. The molecular weight excluding hydrogens is 224 g/mol. The fourth-order valence-electron chi connectivity index (χ4n) is 2.82. The molecule has 2 atom stereocenters. The van der Waals surface area contributed by atoms with Crippen LogP contribution >= 0.6 is 0 Å². The van der Waals surface area contributed by atoms with E-state index in [2.05, 4.69) is 18.0 Å². The van der Waals surface area contributed by atoms with Gasteiger partial charge in [0, 0.05) is 24.2 Å². The normalized spacial score (nSPS) is 23.2. The lowest BCUT2D eigenvalue weighted by atomic mass is 9.90. The average Bonchev–Trinajstić information content (AvgIpc) is 2.88. The van der Waals surface area contributed by atoms with Crippen LogP contribution in [0, 0.1) is 11.8 Å². The molecule has 0 amide bonds. The number of aromatic nitrogens is 1. The Morgan fingerprint density at radius 3 is 2.89 bits per heavy atom. The maximum Gasteiger partial charge on any atom is 0.142 e. The SMILES string of the molecule is CCc1ccc(CC(=O)C2CCCC2CN)nc1. The van der Waals surface area contributed by atoms with Crippen LogP contribution in [0.25, 0.3) is 0 Å². The number of nitrogens with zero attached hydrogens (tertiary/aromatic N) is 1. The van der Waals surface area contributed by atoms with Crippen LogP contribution in [0.15, 0.2) is 18.3 Å². The molecular formula is C15H22N2O. The number of ketones is 1. The third kappa shape index (κ3) is 2.96. The largest absolute Gasteiger partial charge is 0.330 e. The molecule has 0 radical (unpaired) electrons. The van der Waals surface area contributed by atoms with E-state index >= 15 is 0 Å². The first-order valence-electron chi connectivity index (χ1n) is 6.91. The lowest BCUT2D eigenvalue weighted by Crippen LogP contribution is -2.26. The Morgan fingerprint density at radius 1 is 1.44 bits per heavy atom. The van der Waals surface area contributed by atoms with Crippen LogP contribution in [0.4, 0.5) is 0 Å². The molecule has 1 aromatic heterocycles. The van der Waals surface area contributed by atoms with E-state index < -0.39 is 0 Å². The van der Waals surface area contributed by atoms with Crippen molar-refractivity contribution in [1.29, 1.82) is 0 Å². The van der Waals surface area contributed by atoms with E-state index in [0.29, 0.717) is 24.7 Å². The number of Topliss-reactive ketones (excluding diaryl/α,β-unsaturated/α-hetero) is 1. The van der Waals surface area contributed by atoms with E-state index in [4.69, 9.17) is 5.73 Å². The number of rotatable bonds is 5. The third-order valence-electron chi connectivity index (χ3n) is 4.02. The molecule has 2 unspecified atom stereocenters. The smallest absolute Gasteiger partial charge is 0.142 e. The predicted octanol–water partition coefficient (Wildman–Crippen LogP) is 2.13. The van der Waals surface area contributed by atoms with Crippen LogP contribution in [0.3, 0.4) is 0 Å². The van der Waals surface area contributed by atoms with Crippen LogP contribution < -0.4 is 5.73 Å². The molecule has 98 valence electrons. The van der Waals surface area contributed by atoms with Crippen LogP contribution in [0.5, 0.6) is 0 Å². The summed E-state index contributed by atoms with van der Waals surface area (Å²) in [6.45, 7) is 2.74. The Balaban J connectivity index is 1.97. The van der Waals surface area contributed by atoms with E-state index in [1.807, 2.05) is 12.3 Å². The Kier molecular flexibility index (Phi) is 4.48. The number of aryl methyl sites for hydroxylation is 1. The molecule has 0 bridgehead atoms. The van der Waals surface area contributed by atoms with Crippen LogP contribution in [-0.2, 0) is 17.6 Å². The number of carbonyl (C=O) groups excluding carboxylic acids is 1. The van der Waals surface area contributed by atoms with E-state index in [-0.39, 0.29) is 5.92 Å². The van der Waals surface area contributed by atoms with E-state index in [1.165, 1.54) is 5.56 Å². The number of carbonyl (C=O) groups is 1. The van der Waals surface area contributed by atoms with Gasteiger partial charge in [-0.2, -0.15) is 0 Å². The first-order valence-corrected chi connectivity index (χ1v) is 6.91. The molecule has 0 spiro atoms. The number of pyridine rings is 1. The third-order valence-corrected chi connectivity index (χ3v) is 4.02. The van der Waals surface area contributed by atoms with Crippen molar-refractivity contribution in [2.24, 2.45) is 17.6 Å². The van der Waals surface area contributed by atoms with Gasteiger partial charge in [-0.25, -0.2) is 0 Å². The highest BCUT2D eigenvalue weighted by Crippen LogP contribution is 2.32. The summed E-state index contributed by atoms with van der Waals surface area (Å²) in [7, 11) is 0. The van der Waals surface area contributed by atoms with Gasteiger partial charge in [0.05, 0.1) is 0 Å². The van der Waals surface area contributed by atoms with E-state index in [0.717, 1.165) is 31.4 Å². The van der Waals surface area contributed by atoms with Crippen molar-refractivity contribution in [3.63, 3.8) is 0 Å². The van der Waals surface area contributed by atoms with Crippen LogP contribution in [0.1, 0.15) is 37.4 Å². The molecule has 1 aliphatic carbocycles. The van der Waals surface area contributed by atoms with Crippen molar-refractivity contribution < 1.29 is 4.79 Å². The van der Waals surface area contributed by atoms with Gasteiger partial charge in [-0.3, -0.25) is 9.78 Å². The molecule has 2 N–H and O–H groups in total. The minimum absolute atomic E-state index is 0.169. The molecule has 1 heterocycles. The minimum atomic E-state index is 0.169. The molecule has 18 heavy (non-hydrogen) atoms. The highest BCUT2D eigenvalue weighted by molar-refractivity contribution is 5.83. The molecule has 0 aromatic carbocycles.